The van der Waals surface area contributed by atoms with E-state index < -0.39 is 5.66 Å². The van der Waals surface area contributed by atoms with Crippen LogP contribution in [-0.4, -0.2) is 34.8 Å². The average Bonchev–Trinajstić information content (AvgIpc) is 3.00. The Balaban J connectivity index is 1.58. The molecular weight excluding hydrogens is 425 g/mol. The van der Waals surface area contributed by atoms with E-state index in [1.54, 1.807) is 47.4 Å². The number of hydrogen-bond acceptors (Lipinski definition) is 3. The first-order valence-electron chi connectivity index (χ1n) is 9.71. The number of nitrogens with one attached hydrogen (secondary N) is 1. The second kappa shape index (κ2) is 7.60. The molecule has 1 fully saturated rings. The molecule has 2 aromatic carbocycles. The van der Waals surface area contributed by atoms with E-state index in [4.69, 9.17) is 23.2 Å². The quantitative estimate of drug-likeness (QED) is 0.767. The van der Waals surface area contributed by atoms with Crippen molar-refractivity contribution in [3.05, 3.63) is 63.6 Å². The van der Waals surface area contributed by atoms with Crippen molar-refractivity contribution in [3.8, 4) is 0 Å². The summed E-state index contributed by atoms with van der Waals surface area (Å²) < 4.78 is 0. The highest BCUT2D eigenvalue weighted by molar-refractivity contribution is 6.35. The lowest BCUT2D eigenvalue weighted by molar-refractivity contribution is -0.124. The van der Waals surface area contributed by atoms with Gasteiger partial charge in [-0.25, -0.2) is 0 Å². The topological polar surface area (TPSA) is 69.7 Å². The van der Waals surface area contributed by atoms with Gasteiger partial charge in [-0.1, -0.05) is 41.4 Å². The van der Waals surface area contributed by atoms with Crippen molar-refractivity contribution in [3.63, 3.8) is 0 Å². The highest BCUT2D eigenvalue weighted by Crippen LogP contribution is 2.43. The first-order valence-corrected chi connectivity index (χ1v) is 10.5. The maximum absolute atomic E-state index is 13.2. The van der Waals surface area contributed by atoms with E-state index in [1.165, 1.54) is 4.90 Å². The number of carbonyl (C=O) groups is 3. The Morgan fingerprint density at radius 2 is 1.93 bits per heavy atom. The third-order valence-electron chi connectivity index (χ3n) is 5.85. The molecule has 4 rings (SSSR count). The standard InChI is InChI=1S/C22H21Cl2N3O3/c1-13(15-8-7-14(23)11-17(15)24)25-19(28)12-26-21(30)16-5-3-4-6-18(16)27-20(29)9-10-22(26,27)2/h3-8,11,13H,9-10,12H2,1-2H3,(H,25,28). The maximum atomic E-state index is 13.2. The van der Waals surface area contributed by atoms with Crippen molar-refractivity contribution in [1.29, 1.82) is 0 Å². The molecule has 0 saturated carbocycles. The lowest BCUT2D eigenvalue weighted by Gasteiger charge is -2.48. The normalized spacial score (nSPS) is 21.3. The second-order valence-corrected chi connectivity index (χ2v) is 8.65. The van der Waals surface area contributed by atoms with Gasteiger partial charge in [0.2, 0.25) is 11.8 Å². The van der Waals surface area contributed by atoms with Crippen molar-refractivity contribution in [1.82, 2.24) is 10.2 Å². The van der Waals surface area contributed by atoms with E-state index in [9.17, 15) is 14.4 Å². The van der Waals surface area contributed by atoms with Crippen LogP contribution in [0.15, 0.2) is 42.5 Å². The molecule has 0 aliphatic carbocycles. The lowest BCUT2D eigenvalue weighted by Crippen LogP contribution is -2.63. The van der Waals surface area contributed by atoms with Crippen LogP contribution in [-0.2, 0) is 9.59 Å². The fourth-order valence-corrected chi connectivity index (χ4v) is 4.87. The molecule has 2 aromatic rings. The molecule has 2 aliphatic heterocycles. The number of anilines is 1. The van der Waals surface area contributed by atoms with Crippen LogP contribution >= 0.6 is 23.2 Å². The van der Waals surface area contributed by atoms with Crippen LogP contribution in [0, 0.1) is 0 Å². The van der Waals surface area contributed by atoms with Gasteiger partial charge in [0.1, 0.15) is 12.2 Å². The van der Waals surface area contributed by atoms with Crippen LogP contribution in [0.25, 0.3) is 0 Å². The molecule has 8 heteroatoms. The van der Waals surface area contributed by atoms with Gasteiger partial charge >= 0.3 is 0 Å². The number of halogens is 2. The summed E-state index contributed by atoms with van der Waals surface area (Å²) in [4.78, 5) is 41.8. The summed E-state index contributed by atoms with van der Waals surface area (Å²) in [6, 6.07) is 11.7. The monoisotopic (exact) mass is 445 g/mol. The van der Waals surface area contributed by atoms with Gasteiger partial charge in [-0.15, -0.1) is 0 Å². The summed E-state index contributed by atoms with van der Waals surface area (Å²) >= 11 is 12.2. The molecule has 2 unspecified atom stereocenters. The Bertz CT molecular complexity index is 1060. The van der Waals surface area contributed by atoms with E-state index in [-0.39, 0.29) is 30.3 Å². The number of carbonyl (C=O) groups excluding carboxylic acids is 3. The lowest BCUT2D eigenvalue weighted by atomic mass is 9.98. The number of nitrogens with zero attached hydrogens (tertiary/aromatic N) is 2. The Hall–Kier alpha value is -2.57. The van der Waals surface area contributed by atoms with Gasteiger partial charge in [0.05, 0.1) is 17.3 Å². The SMILES string of the molecule is CC(NC(=O)CN1C(=O)c2ccccc2N2C(=O)CCC12C)c1ccc(Cl)cc1Cl. The Morgan fingerprint density at radius 3 is 2.67 bits per heavy atom. The predicted octanol–water partition coefficient (Wildman–Crippen LogP) is 4.17. The zero-order valence-electron chi connectivity index (χ0n) is 16.6. The van der Waals surface area contributed by atoms with Gasteiger partial charge in [-0.05, 0) is 50.1 Å². The van der Waals surface area contributed by atoms with Gasteiger partial charge < -0.3 is 10.2 Å². The summed E-state index contributed by atoms with van der Waals surface area (Å²) in [7, 11) is 0. The molecule has 0 spiro atoms. The van der Waals surface area contributed by atoms with Gasteiger partial charge in [0.15, 0.2) is 0 Å². The number of para-hydroxylation sites is 1. The molecular formula is C22H21Cl2N3O3. The summed E-state index contributed by atoms with van der Waals surface area (Å²) in [6.07, 6.45) is 0.796. The number of benzene rings is 2. The van der Waals surface area contributed by atoms with Crippen molar-refractivity contribution in [2.45, 2.75) is 38.4 Å². The number of amides is 3. The number of fused-ring (bicyclic) bond motifs is 3. The van der Waals surface area contributed by atoms with Crippen molar-refractivity contribution >= 4 is 46.6 Å². The average molecular weight is 446 g/mol. The maximum Gasteiger partial charge on any atom is 0.258 e. The largest absolute Gasteiger partial charge is 0.348 e. The summed E-state index contributed by atoms with van der Waals surface area (Å²) in [5, 5.41) is 3.86. The molecule has 1 saturated heterocycles. The van der Waals surface area contributed by atoms with E-state index in [1.807, 2.05) is 13.8 Å². The van der Waals surface area contributed by atoms with Crippen molar-refractivity contribution < 1.29 is 14.4 Å². The zero-order valence-corrected chi connectivity index (χ0v) is 18.1. The van der Waals surface area contributed by atoms with Crippen LogP contribution < -0.4 is 10.2 Å². The third kappa shape index (κ3) is 3.34. The molecule has 1 N–H and O–H groups in total. The summed E-state index contributed by atoms with van der Waals surface area (Å²) in [5.41, 5.74) is 0.881. The Labute approximate surface area is 184 Å². The summed E-state index contributed by atoms with van der Waals surface area (Å²) in [6.45, 7) is 3.48. The fourth-order valence-electron chi connectivity index (χ4n) is 4.30. The van der Waals surface area contributed by atoms with Crippen LogP contribution in [0.1, 0.15) is 48.7 Å². The Kier molecular flexibility index (Phi) is 5.24. The zero-order chi connectivity index (χ0) is 21.6. The first kappa shape index (κ1) is 20.7. The molecule has 2 heterocycles. The minimum Gasteiger partial charge on any atom is -0.348 e. The molecule has 0 aromatic heterocycles. The highest BCUT2D eigenvalue weighted by Gasteiger charge is 2.53. The van der Waals surface area contributed by atoms with E-state index >= 15 is 0 Å². The second-order valence-electron chi connectivity index (χ2n) is 7.81. The molecule has 156 valence electrons. The van der Waals surface area contributed by atoms with Gasteiger partial charge in [0, 0.05) is 16.5 Å². The molecule has 30 heavy (non-hydrogen) atoms. The molecule has 3 amide bonds. The molecule has 2 atom stereocenters. The first-order chi connectivity index (χ1) is 14.2. The summed E-state index contributed by atoms with van der Waals surface area (Å²) in [5.74, 6) is -0.641. The van der Waals surface area contributed by atoms with Crippen LogP contribution in [0.3, 0.4) is 0 Å². The van der Waals surface area contributed by atoms with E-state index in [2.05, 4.69) is 5.32 Å². The molecule has 6 nitrogen and oxygen atoms in total. The fraction of sp³-hybridized carbons (Fsp3) is 0.318. The van der Waals surface area contributed by atoms with Crippen molar-refractivity contribution in [2.24, 2.45) is 0 Å². The molecule has 0 radical (unpaired) electrons. The van der Waals surface area contributed by atoms with Gasteiger partial charge in [0.25, 0.3) is 5.91 Å². The number of rotatable bonds is 4. The van der Waals surface area contributed by atoms with Gasteiger partial charge in [-0.2, -0.15) is 0 Å². The van der Waals surface area contributed by atoms with E-state index in [0.29, 0.717) is 34.1 Å². The van der Waals surface area contributed by atoms with Crippen molar-refractivity contribution in [2.75, 3.05) is 11.4 Å². The van der Waals surface area contributed by atoms with Gasteiger partial charge in [-0.3, -0.25) is 19.3 Å². The van der Waals surface area contributed by atoms with Crippen LogP contribution in [0.5, 0.6) is 0 Å². The molecule has 2 aliphatic rings. The predicted molar refractivity (Wildman–Crippen MR) is 116 cm³/mol. The minimum absolute atomic E-state index is 0.0517. The molecule has 0 bridgehead atoms. The number of hydrogen-bond donors (Lipinski definition) is 1. The minimum atomic E-state index is -0.874. The van der Waals surface area contributed by atoms with Crippen LogP contribution in [0.4, 0.5) is 5.69 Å². The third-order valence-corrected chi connectivity index (χ3v) is 6.42. The smallest absolute Gasteiger partial charge is 0.258 e. The Morgan fingerprint density at radius 1 is 1.20 bits per heavy atom. The van der Waals surface area contributed by atoms with E-state index in [0.717, 1.165) is 5.56 Å². The highest BCUT2D eigenvalue weighted by atomic mass is 35.5. The van der Waals surface area contributed by atoms with Crippen LogP contribution in [0.2, 0.25) is 10.0 Å².